The van der Waals surface area contributed by atoms with E-state index in [9.17, 15) is 18.5 Å². The van der Waals surface area contributed by atoms with Gasteiger partial charge >= 0.3 is 0 Å². The Morgan fingerprint density at radius 3 is 2.37 bits per heavy atom. The lowest BCUT2D eigenvalue weighted by Gasteiger charge is -2.14. The molecule has 0 atom stereocenters. The second-order valence-electron chi connectivity index (χ2n) is 8.61. The summed E-state index contributed by atoms with van der Waals surface area (Å²) < 4.78 is 36.3. The summed E-state index contributed by atoms with van der Waals surface area (Å²) in [6, 6.07) is 20.1. The number of hydrogen-bond acceptors (Lipinski definition) is 7. The Balaban J connectivity index is 1.66. The molecule has 0 saturated heterocycles. The smallest absolute Gasteiger partial charge is 0.270 e. The minimum Gasteiger partial charge on any atom is -0.495 e. The molecule has 0 fully saturated rings. The van der Waals surface area contributed by atoms with Crippen LogP contribution in [-0.2, 0) is 10.0 Å². The van der Waals surface area contributed by atoms with Crippen LogP contribution in [0.2, 0.25) is 0 Å². The number of aromatic nitrogens is 1. The summed E-state index contributed by atoms with van der Waals surface area (Å²) in [7, 11) is -2.84. The Bertz CT molecular complexity index is 1630. The highest BCUT2D eigenvalue weighted by molar-refractivity contribution is 7.93. The van der Waals surface area contributed by atoms with E-state index in [4.69, 9.17) is 4.74 Å². The highest BCUT2D eigenvalue weighted by Crippen LogP contribution is 2.31. The molecular weight excluding hydrogens is 506 g/mol. The van der Waals surface area contributed by atoms with Crippen LogP contribution in [0.3, 0.4) is 0 Å². The van der Waals surface area contributed by atoms with Crippen LogP contribution in [0.1, 0.15) is 22.5 Å². The SMILES string of the molecule is COc1ccccc1NS(=O)(=O)c1cc([N+](=O)[O-])ccc1N/N=C/c1cc(C)n(-c2ccc(C)cc2)c1C. The molecule has 196 valence electrons. The molecule has 4 aromatic rings. The van der Waals surface area contributed by atoms with Crippen molar-refractivity contribution >= 4 is 33.3 Å². The van der Waals surface area contributed by atoms with E-state index in [1.165, 1.54) is 25.3 Å². The van der Waals surface area contributed by atoms with Gasteiger partial charge in [0.2, 0.25) is 0 Å². The monoisotopic (exact) mass is 533 g/mol. The Labute approximate surface area is 220 Å². The minimum absolute atomic E-state index is 0.0709. The molecule has 0 amide bonds. The maximum Gasteiger partial charge on any atom is 0.270 e. The van der Waals surface area contributed by atoms with Crippen molar-refractivity contribution in [3.8, 4) is 11.4 Å². The molecule has 0 radical (unpaired) electrons. The topological polar surface area (TPSA) is 128 Å². The number of hydrogen-bond donors (Lipinski definition) is 2. The van der Waals surface area contributed by atoms with Gasteiger partial charge in [-0.25, -0.2) is 8.42 Å². The zero-order valence-electron chi connectivity index (χ0n) is 21.3. The molecule has 0 spiro atoms. The standard InChI is InChI=1S/C27H27N5O5S/c1-18-9-11-22(12-10-18)31-19(2)15-21(20(31)3)17-28-29-25-14-13-23(32(33)34)16-27(25)38(35,36)30-24-7-5-6-8-26(24)37-4/h5-17,29-30H,1-4H3/b28-17+. The second kappa shape index (κ2) is 10.8. The summed E-state index contributed by atoms with van der Waals surface area (Å²) >= 11 is 0. The number of methoxy groups -OCH3 is 1. The molecule has 3 aromatic carbocycles. The van der Waals surface area contributed by atoms with E-state index in [2.05, 4.69) is 19.8 Å². The summed E-state index contributed by atoms with van der Waals surface area (Å²) in [6.45, 7) is 5.98. The first-order valence-electron chi connectivity index (χ1n) is 11.6. The maximum atomic E-state index is 13.3. The van der Waals surface area contributed by atoms with Crippen molar-refractivity contribution in [1.82, 2.24) is 4.57 Å². The van der Waals surface area contributed by atoms with Gasteiger partial charge in [0.05, 0.1) is 29.6 Å². The van der Waals surface area contributed by atoms with Crippen molar-refractivity contribution in [2.45, 2.75) is 25.7 Å². The lowest BCUT2D eigenvalue weighted by Crippen LogP contribution is -2.15. The molecule has 4 rings (SSSR count). The van der Waals surface area contributed by atoms with Crippen LogP contribution in [0.4, 0.5) is 17.1 Å². The van der Waals surface area contributed by atoms with Crippen LogP contribution < -0.4 is 14.9 Å². The van der Waals surface area contributed by atoms with E-state index >= 15 is 0 Å². The number of nitro groups is 1. The normalized spacial score (nSPS) is 11.5. The average Bonchev–Trinajstić information content (AvgIpc) is 3.17. The fourth-order valence-electron chi connectivity index (χ4n) is 4.05. The number of non-ortho nitro benzene ring substituents is 1. The molecule has 0 saturated carbocycles. The molecule has 1 heterocycles. The average molecular weight is 534 g/mol. The van der Waals surface area contributed by atoms with Crippen LogP contribution in [0.5, 0.6) is 5.75 Å². The number of nitrogens with zero attached hydrogens (tertiary/aromatic N) is 3. The molecule has 0 bridgehead atoms. The fourth-order valence-corrected chi connectivity index (χ4v) is 5.30. The Morgan fingerprint density at radius 2 is 1.68 bits per heavy atom. The first-order valence-corrected chi connectivity index (χ1v) is 13.1. The summed E-state index contributed by atoms with van der Waals surface area (Å²) in [5.41, 5.74) is 7.60. The van der Waals surface area contributed by atoms with Crippen molar-refractivity contribution in [1.29, 1.82) is 0 Å². The van der Waals surface area contributed by atoms with Gasteiger partial charge in [-0.3, -0.25) is 20.3 Å². The van der Waals surface area contributed by atoms with Gasteiger partial charge in [0, 0.05) is 34.8 Å². The van der Waals surface area contributed by atoms with Crippen molar-refractivity contribution in [3.05, 3.63) is 105 Å². The number of anilines is 2. The van der Waals surface area contributed by atoms with E-state index < -0.39 is 14.9 Å². The first kappa shape index (κ1) is 26.4. The molecule has 38 heavy (non-hydrogen) atoms. The largest absolute Gasteiger partial charge is 0.495 e. The number of para-hydroxylation sites is 2. The van der Waals surface area contributed by atoms with Crippen molar-refractivity contribution in [2.24, 2.45) is 5.10 Å². The number of nitrogens with one attached hydrogen (secondary N) is 2. The third-order valence-electron chi connectivity index (χ3n) is 5.97. The predicted octanol–water partition coefficient (Wildman–Crippen LogP) is 5.57. The lowest BCUT2D eigenvalue weighted by atomic mass is 10.2. The van der Waals surface area contributed by atoms with E-state index in [1.54, 1.807) is 24.4 Å². The number of aryl methyl sites for hydroxylation is 2. The van der Waals surface area contributed by atoms with Crippen LogP contribution in [0, 0.1) is 30.9 Å². The highest BCUT2D eigenvalue weighted by atomic mass is 32.2. The number of hydrazone groups is 1. The van der Waals surface area contributed by atoms with Crippen molar-refractivity contribution in [2.75, 3.05) is 17.3 Å². The fraction of sp³-hybridized carbons (Fsp3) is 0.148. The molecule has 0 aliphatic carbocycles. The Hall–Kier alpha value is -4.64. The second-order valence-corrected chi connectivity index (χ2v) is 10.3. The Morgan fingerprint density at radius 1 is 0.974 bits per heavy atom. The minimum atomic E-state index is -4.25. The molecule has 0 unspecified atom stereocenters. The molecule has 0 aliphatic heterocycles. The summed E-state index contributed by atoms with van der Waals surface area (Å²) in [6.07, 6.45) is 1.58. The van der Waals surface area contributed by atoms with Crippen LogP contribution in [0.15, 0.2) is 82.8 Å². The van der Waals surface area contributed by atoms with Gasteiger partial charge < -0.3 is 9.30 Å². The van der Waals surface area contributed by atoms with Crippen LogP contribution in [-0.4, -0.2) is 31.2 Å². The maximum absolute atomic E-state index is 13.3. The van der Waals surface area contributed by atoms with E-state index in [-0.39, 0.29) is 22.0 Å². The summed E-state index contributed by atoms with van der Waals surface area (Å²) in [5, 5.41) is 15.6. The quantitative estimate of drug-likeness (QED) is 0.165. The van der Waals surface area contributed by atoms with Gasteiger partial charge in [-0.1, -0.05) is 29.8 Å². The van der Waals surface area contributed by atoms with E-state index in [0.29, 0.717) is 5.75 Å². The predicted molar refractivity (Wildman–Crippen MR) is 148 cm³/mol. The first-order chi connectivity index (χ1) is 18.1. The molecular formula is C27H27N5O5S. The Kier molecular flexibility index (Phi) is 7.49. The summed E-state index contributed by atoms with van der Waals surface area (Å²) in [4.78, 5) is 10.4. The van der Waals surface area contributed by atoms with Crippen LogP contribution >= 0.6 is 0 Å². The summed E-state index contributed by atoms with van der Waals surface area (Å²) in [5.74, 6) is 0.304. The lowest BCUT2D eigenvalue weighted by molar-refractivity contribution is -0.385. The van der Waals surface area contributed by atoms with Gasteiger partial charge in [0.1, 0.15) is 10.6 Å². The van der Waals surface area contributed by atoms with Gasteiger partial charge in [0.15, 0.2) is 0 Å². The molecule has 1 aromatic heterocycles. The van der Waals surface area contributed by atoms with E-state index in [1.807, 2.05) is 51.1 Å². The zero-order chi connectivity index (χ0) is 27.4. The zero-order valence-corrected chi connectivity index (χ0v) is 22.1. The third kappa shape index (κ3) is 5.52. The number of benzene rings is 3. The van der Waals surface area contributed by atoms with Crippen molar-refractivity contribution < 1.29 is 18.1 Å². The van der Waals surface area contributed by atoms with Gasteiger partial charge in [-0.05, 0) is 57.2 Å². The van der Waals surface area contributed by atoms with Gasteiger partial charge in [-0.15, -0.1) is 0 Å². The molecule has 11 heteroatoms. The van der Waals surface area contributed by atoms with E-state index in [0.717, 1.165) is 34.3 Å². The highest BCUT2D eigenvalue weighted by Gasteiger charge is 2.24. The van der Waals surface area contributed by atoms with Crippen LogP contribution in [0.25, 0.3) is 5.69 Å². The van der Waals surface area contributed by atoms with Gasteiger partial charge in [0.25, 0.3) is 15.7 Å². The number of sulfonamides is 1. The van der Waals surface area contributed by atoms with Gasteiger partial charge in [-0.2, -0.15) is 5.10 Å². The number of rotatable bonds is 9. The molecule has 0 aliphatic rings. The number of nitro benzene ring substituents is 1. The molecule has 2 N–H and O–H groups in total. The van der Waals surface area contributed by atoms with Crippen molar-refractivity contribution in [3.63, 3.8) is 0 Å². The third-order valence-corrected chi connectivity index (χ3v) is 7.37. The molecule has 10 nitrogen and oxygen atoms in total. The number of ether oxygens (including phenoxy) is 1.